The molecule has 0 amide bonds. The van der Waals surface area contributed by atoms with Crippen LogP contribution in [-0.2, 0) is 18.2 Å². The summed E-state index contributed by atoms with van der Waals surface area (Å²) in [5.74, 6) is 0. The molecule has 0 aliphatic rings. The molecular formula is C8H18Cl2O6P2. The summed E-state index contributed by atoms with van der Waals surface area (Å²) in [7, 11) is 0. The Morgan fingerprint density at radius 1 is 0.722 bits per heavy atom. The first-order chi connectivity index (χ1) is 8.21. The summed E-state index contributed by atoms with van der Waals surface area (Å²) in [6.45, 7) is -7.38. The van der Waals surface area contributed by atoms with E-state index in [1.54, 1.807) is 0 Å². The maximum atomic E-state index is 10.5. The number of halogens is 2. The van der Waals surface area contributed by atoms with Crippen LogP contribution < -0.4 is 0 Å². The van der Waals surface area contributed by atoms with Gasteiger partial charge in [0.1, 0.15) is 0 Å². The highest BCUT2D eigenvalue weighted by Gasteiger charge is 2.13. The van der Waals surface area contributed by atoms with Crippen molar-refractivity contribution in [2.45, 2.75) is 38.5 Å². The Labute approximate surface area is 116 Å². The van der Waals surface area contributed by atoms with Crippen LogP contribution in [0.5, 0.6) is 0 Å². The lowest BCUT2D eigenvalue weighted by Crippen LogP contribution is -1.91. The first-order valence-electron chi connectivity index (χ1n) is 5.55. The van der Waals surface area contributed by atoms with E-state index < -0.39 is 13.9 Å². The molecule has 0 radical (unpaired) electrons. The van der Waals surface area contributed by atoms with Gasteiger partial charge in [-0.3, -0.25) is 9.05 Å². The number of hydrogen-bond donors (Lipinski definition) is 2. The van der Waals surface area contributed by atoms with E-state index >= 15 is 0 Å². The van der Waals surface area contributed by atoms with Crippen LogP contribution in [0.3, 0.4) is 0 Å². The molecule has 0 aromatic rings. The molecule has 2 N–H and O–H groups in total. The van der Waals surface area contributed by atoms with Crippen LogP contribution in [0.15, 0.2) is 0 Å². The molecule has 0 bridgehead atoms. The average Bonchev–Trinajstić information content (AvgIpc) is 2.17. The Bertz CT molecular complexity index is 272. The topological polar surface area (TPSA) is 93.1 Å². The summed E-state index contributed by atoms with van der Waals surface area (Å²) < 4.78 is 30.1. The molecule has 0 aromatic heterocycles. The Hall–Kier alpha value is 0.880. The summed E-state index contributed by atoms with van der Waals surface area (Å²) in [4.78, 5) is 17.2. The zero-order chi connectivity index (χ0) is 14.1. The van der Waals surface area contributed by atoms with E-state index in [1.807, 2.05) is 0 Å². The van der Waals surface area contributed by atoms with Crippen molar-refractivity contribution in [3.63, 3.8) is 0 Å². The van der Waals surface area contributed by atoms with Crippen LogP contribution >= 0.6 is 36.4 Å². The van der Waals surface area contributed by atoms with Crippen molar-refractivity contribution in [2.75, 3.05) is 13.2 Å². The lowest BCUT2D eigenvalue weighted by Gasteiger charge is -2.05. The molecule has 0 saturated carbocycles. The highest BCUT2D eigenvalue weighted by Crippen LogP contribution is 2.48. The zero-order valence-corrected chi connectivity index (χ0v) is 13.1. The largest absolute Gasteiger partial charge is 0.421 e. The summed E-state index contributed by atoms with van der Waals surface area (Å²) in [5, 5.41) is 0. The minimum atomic E-state index is -3.86. The predicted octanol–water partition coefficient (Wildman–Crippen LogP) is 4.04. The minimum absolute atomic E-state index is 0.167. The maximum absolute atomic E-state index is 10.5. The molecular weight excluding hydrogens is 325 g/mol. The van der Waals surface area contributed by atoms with E-state index in [0.29, 0.717) is 12.8 Å². The molecule has 0 rings (SSSR count). The predicted molar refractivity (Wildman–Crippen MR) is 71.0 cm³/mol. The second-order valence-corrected chi connectivity index (χ2v) is 8.58. The highest BCUT2D eigenvalue weighted by molar-refractivity contribution is 7.80. The molecule has 0 fully saturated rings. The molecule has 0 aliphatic carbocycles. The van der Waals surface area contributed by atoms with Crippen molar-refractivity contribution in [1.29, 1.82) is 0 Å². The highest BCUT2D eigenvalue weighted by atomic mass is 35.7. The van der Waals surface area contributed by atoms with Gasteiger partial charge in [-0.15, -0.1) is 0 Å². The summed E-state index contributed by atoms with van der Waals surface area (Å²) in [5.41, 5.74) is 0. The standard InChI is InChI=1S/C8H18Cl2O6P2/c9-17(11,12)15-7-5-3-1-2-4-6-8-16-18(10,13)14/h1-8H2,(H,11,12)(H,13,14). The quantitative estimate of drug-likeness (QED) is 0.434. The van der Waals surface area contributed by atoms with Crippen LogP contribution in [0.1, 0.15) is 38.5 Å². The summed E-state index contributed by atoms with van der Waals surface area (Å²) in [6.07, 6.45) is 4.96. The molecule has 0 aromatic carbocycles. The summed E-state index contributed by atoms with van der Waals surface area (Å²) >= 11 is 9.98. The van der Waals surface area contributed by atoms with Gasteiger partial charge in [0, 0.05) is 22.5 Å². The SMILES string of the molecule is O=P(O)(Cl)OCCCCCCCCOP(=O)(O)Cl. The first-order valence-corrected chi connectivity index (χ1v) is 10.5. The first kappa shape index (κ1) is 18.9. The molecule has 6 nitrogen and oxygen atoms in total. The van der Waals surface area contributed by atoms with E-state index in [0.717, 1.165) is 25.7 Å². The van der Waals surface area contributed by atoms with Crippen molar-refractivity contribution >= 4 is 36.4 Å². The van der Waals surface area contributed by atoms with Crippen LogP contribution in [-0.4, -0.2) is 23.0 Å². The molecule has 2 unspecified atom stereocenters. The van der Waals surface area contributed by atoms with Crippen molar-refractivity contribution < 1.29 is 28.0 Å². The molecule has 0 aliphatic heterocycles. The molecule has 0 saturated heterocycles. The van der Waals surface area contributed by atoms with Crippen molar-refractivity contribution in [3.8, 4) is 0 Å². The third kappa shape index (κ3) is 16.9. The molecule has 110 valence electrons. The Balaban J connectivity index is 3.17. The third-order valence-electron chi connectivity index (χ3n) is 2.04. The van der Waals surface area contributed by atoms with E-state index in [9.17, 15) is 9.13 Å². The van der Waals surface area contributed by atoms with Gasteiger partial charge in [-0.05, 0) is 12.8 Å². The number of hydrogen-bond acceptors (Lipinski definition) is 4. The molecule has 0 heterocycles. The summed E-state index contributed by atoms with van der Waals surface area (Å²) in [6, 6.07) is 0. The van der Waals surface area contributed by atoms with Gasteiger partial charge in [0.05, 0.1) is 13.2 Å². The van der Waals surface area contributed by atoms with E-state index in [-0.39, 0.29) is 13.2 Å². The monoisotopic (exact) mass is 342 g/mol. The van der Waals surface area contributed by atoms with Crippen LogP contribution in [0.4, 0.5) is 0 Å². The van der Waals surface area contributed by atoms with E-state index in [2.05, 4.69) is 9.05 Å². The van der Waals surface area contributed by atoms with Gasteiger partial charge in [-0.25, -0.2) is 9.13 Å². The lowest BCUT2D eigenvalue weighted by atomic mass is 10.1. The van der Waals surface area contributed by atoms with Gasteiger partial charge >= 0.3 is 13.9 Å². The molecule has 18 heavy (non-hydrogen) atoms. The minimum Gasteiger partial charge on any atom is -0.313 e. The average molecular weight is 343 g/mol. The Morgan fingerprint density at radius 2 is 1.00 bits per heavy atom. The smallest absolute Gasteiger partial charge is 0.313 e. The van der Waals surface area contributed by atoms with Gasteiger partial charge in [0.15, 0.2) is 0 Å². The van der Waals surface area contributed by atoms with Crippen LogP contribution in [0.2, 0.25) is 0 Å². The van der Waals surface area contributed by atoms with Crippen LogP contribution in [0.25, 0.3) is 0 Å². The van der Waals surface area contributed by atoms with E-state index in [1.165, 1.54) is 0 Å². The Kier molecular flexibility index (Phi) is 10.2. The fourth-order valence-corrected chi connectivity index (χ4v) is 2.39. The molecule has 0 spiro atoms. The zero-order valence-electron chi connectivity index (χ0n) is 9.83. The lowest BCUT2D eigenvalue weighted by molar-refractivity contribution is 0.261. The van der Waals surface area contributed by atoms with E-state index in [4.69, 9.17) is 32.3 Å². The van der Waals surface area contributed by atoms with Gasteiger partial charge in [0.25, 0.3) is 0 Å². The van der Waals surface area contributed by atoms with Crippen molar-refractivity contribution in [3.05, 3.63) is 0 Å². The Morgan fingerprint density at radius 3 is 1.28 bits per heavy atom. The van der Waals surface area contributed by atoms with Gasteiger partial charge in [-0.1, -0.05) is 25.7 Å². The fourth-order valence-electron chi connectivity index (χ4n) is 1.27. The number of unbranched alkanes of at least 4 members (excludes halogenated alkanes) is 5. The van der Waals surface area contributed by atoms with Crippen molar-refractivity contribution in [2.24, 2.45) is 0 Å². The van der Waals surface area contributed by atoms with Crippen LogP contribution in [0, 0.1) is 0 Å². The molecule has 2 atom stereocenters. The second-order valence-electron chi connectivity index (χ2n) is 3.69. The third-order valence-corrected chi connectivity index (χ3v) is 3.63. The number of rotatable bonds is 11. The normalized spacial score (nSPS) is 18.2. The van der Waals surface area contributed by atoms with Gasteiger partial charge in [-0.2, -0.15) is 0 Å². The van der Waals surface area contributed by atoms with Gasteiger partial charge in [0.2, 0.25) is 0 Å². The molecule has 10 heteroatoms. The fraction of sp³-hybridized carbons (Fsp3) is 1.00. The van der Waals surface area contributed by atoms with Crippen molar-refractivity contribution in [1.82, 2.24) is 0 Å². The second kappa shape index (κ2) is 9.73. The van der Waals surface area contributed by atoms with Gasteiger partial charge < -0.3 is 9.79 Å². The maximum Gasteiger partial charge on any atom is 0.421 e.